The summed E-state index contributed by atoms with van der Waals surface area (Å²) >= 11 is 0. The molecule has 3 heterocycles. The lowest BCUT2D eigenvalue weighted by molar-refractivity contribution is 0.00578. The van der Waals surface area contributed by atoms with Crippen LogP contribution in [0.5, 0.6) is 0 Å². The Labute approximate surface area is 167 Å². The highest BCUT2D eigenvalue weighted by molar-refractivity contribution is 6.76. The van der Waals surface area contributed by atoms with Crippen molar-refractivity contribution in [3.63, 3.8) is 0 Å². The molecule has 2 aromatic heterocycles. The zero-order chi connectivity index (χ0) is 20.9. The molecule has 6 nitrogen and oxygen atoms in total. The summed E-state index contributed by atoms with van der Waals surface area (Å²) in [5.41, 5.74) is 0.125. The van der Waals surface area contributed by atoms with Crippen LogP contribution in [0.4, 0.5) is 4.39 Å². The fourth-order valence-corrected chi connectivity index (χ4v) is 3.78. The zero-order valence-corrected chi connectivity index (χ0v) is 19.2. The van der Waals surface area contributed by atoms with E-state index in [4.69, 9.17) is 14.0 Å². The van der Waals surface area contributed by atoms with E-state index in [0.29, 0.717) is 28.8 Å². The van der Waals surface area contributed by atoms with E-state index in [-0.39, 0.29) is 6.73 Å². The second-order valence-corrected chi connectivity index (χ2v) is 15.4. The number of hydrogen-bond donors (Lipinski definition) is 0. The van der Waals surface area contributed by atoms with Crippen LogP contribution in [0.15, 0.2) is 6.20 Å². The maximum atomic E-state index is 15.0. The molecule has 0 radical (unpaired) electrons. The minimum atomic E-state index is -1.16. The Morgan fingerprint density at radius 2 is 1.79 bits per heavy atom. The average molecular weight is 407 g/mol. The van der Waals surface area contributed by atoms with Gasteiger partial charge in [-0.05, 0) is 40.7 Å². The molecule has 1 fully saturated rings. The minimum absolute atomic E-state index is 0.287. The number of aromatic nitrogens is 3. The number of rotatable bonds is 6. The molecule has 28 heavy (non-hydrogen) atoms. The topological polar surface area (TPSA) is 58.4 Å². The summed E-state index contributed by atoms with van der Waals surface area (Å²) in [6.07, 6.45) is 1.62. The second-order valence-electron chi connectivity index (χ2n) is 9.74. The summed E-state index contributed by atoms with van der Waals surface area (Å²) in [4.78, 5) is 4.41. The standard InChI is InChI=1S/C19H31BFN3O3Si/c1-13-16(21)15(20-26-18(2,3)19(4,5)27-20)14-11-22-24(17(14)23-13)12-25-9-10-28(6,7)8/h11H,9-10,12H2,1-8H3. The molecule has 0 unspecified atom stereocenters. The summed E-state index contributed by atoms with van der Waals surface area (Å²) in [6.45, 7) is 17.3. The van der Waals surface area contributed by atoms with Gasteiger partial charge in [0, 0.05) is 25.5 Å². The van der Waals surface area contributed by atoms with Crippen molar-refractivity contribution in [2.24, 2.45) is 0 Å². The first-order valence-corrected chi connectivity index (χ1v) is 13.5. The fraction of sp³-hybridized carbons (Fsp3) is 0.684. The van der Waals surface area contributed by atoms with Crippen LogP contribution in [0.1, 0.15) is 33.4 Å². The van der Waals surface area contributed by atoms with Gasteiger partial charge in [0.1, 0.15) is 12.5 Å². The van der Waals surface area contributed by atoms with Crippen LogP contribution in [-0.2, 0) is 20.8 Å². The van der Waals surface area contributed by atoms with E-state index in [1.807, 2.05) is 27.7 Å². The van der Waals surface area contributed by atoms with Crippen molar-refractivity contribution in [2.75, 3.05) is 6.61 Å². The first-order valence-electron chi connectivity index (χ1n) is 9.77. The van der Waals surface area contributed by atoms with Gasteiger partial charge in [-0.2, -0.15) is 5.10 Å². The Balaban J connectivity index is 1.90. The van der Waals surface area contributed by atoms with Gasteiger partial charge < -0.3 is 14.0 Å². The van der Waals surface area contributed by atoms with E-state index < -0.39 is 32.2 Å². The van der Waals surface area contributed by atoms with Gasteiger partial charge in [0.15, 0.2) is 5.65 Å². The smallest absolute Gasteiger partial charge is 0.399 e. The quantitative estimate of drug-likeness (QED) is 0.542. The van der Waals surface area contributed by atoms with Gasteiger partial charge in [0.05, 0.1) is 23.1 Å². The van der Waals surface area contributed by atoms with Gasteiger partial charge in [-0.3, -0.25) is 0 Å². The molecule has 1 aliphatic rings. The molecule has 1 aliphatic heterocycles. The van der Waals surface area contributed by atoms with Crippen LogP contribution in [0.3, 0.4) is 0 Å². The molecule has 0 amide bonds. The Morgan fingerprint density at radius 3 is 2.36 bits per heavy atom. The van der Waals surface area contributed by atoms with E-state index in [9.17, 15) is 0 Å². The Hall–Kier alpha value is -1.29. The van der Waals surface area contributed by atoms with Crippen molar-refractivity contribution in [3.8, 4) is 0 Å². The van der Waals surface area contributed by atoms with E-state index in [1.165, 1.54) is 0 Å². The Morgan fingerprint density at radius 1 is 1.18 bits per heavy atom. The van der Waals surface area contributed by atoms with Crippen LogP contribution >= 0.6 is 0 Å². The fourth-order valence-electron chi connectivity index (χ4n) is 3.02. The lowest BCUT2D eigenvalue weighted by atomic mass is 9.77. The number of ether oxygens (including phenoxy) is 1. The molecular formula is C19H31BFN3O3Si. The van der Waals surface area contributed by atoms with Crippen molar-refractivity contribution >= 4 is 31.7 Å². The van der Waals surface area contributed by atoms with Crippen LogP contribution in [0.25, 0.3) is 11.0 Å². The van der Waals surface area contributed by atoms with Gasteiger partial charge in [0.25, 0.3) is 0 Å². The molecule has 0 bridgehead atoms. The summed E-state index contributed by atoms with van der Waals surface area (Å²) in [7, 11) is -1.96. The van der Waals surface area contributed by atoms with Crippen LogP contribution < -0.4 is 5.46 Å². The van der Waals surface area contributed by atoms with Crippen molar-refractivity contribution in [2.45, 2.75) is 78.2 Å². The molecule has 2 aromatic rings. The average Bonchev–Trinajstić information content (AvgIpc) is 3.02. The number of nitrogens with zero attached hydrogens (tertiary/aromatic N) is 3. The molecule has 3 rings (SSSR count). The van der Waals surface area contributed by atoms with Gasteiger partial charge in [0.2, 0.25) is 0 Å². The minimum Gasteiger partial charge on any atom is -0.399 e. The molecule has 1 saturated heterocycles. The number of halogens is 1. The summed E-state index contributed by atoms with van der Waals surface area (Å²) in [5.74, 6) is -0.412. The largest absolute Gasteiger partial charge is 0.498 e. The second kappa shape index (κ2) is 7.20. The normalized spacial score (nSPS) is 19.0. The molecule has 0 N–H and O–H groups in total. The highest BCUT2D eigenvalue weighted by atomic mass is 28.3. The van der Waals surface area contributed by atoms with Crippen LogP contribution in [-0.4, -0.2) is 47.8 Å². The van der Waals surface area contributed by atoms with Crippen molar-refractivity contribution < 1.29 is 18.4 Å². The molecule has 154 valence electrons. The summed E-state index contributed by atoms with van der Waals surface area (Å²) < 4.78 is 34.7. The highest BCUT2D eigenvalue weighted by Crippen LogP contribution is 2.37. The SMILES string of the molecule is Cc1nc2c(cnn2COCC[Si](C)(C)C)c(B2OC(C)(C)C(C)(C)O2)c1F. The molecule has 0 saturated carbocycles. The van der Waals surface area contributed by atoms with Gasteiger partial charge >= 0.3 is 7.12 Å². The maximum Gasteiger partial charge on any atom is 0.498 e. The van der Waals surface area contributed by atoms with E-state index in [0.717, 1.165) is 6.04 Å². The lowest BCUT2D eigenvalue weighted by Crippen LogP contribution is -2.41. The molecule has 9 heteroatoms. The van der Waals surface area contributed by atoms with E-state index in [2.05, 4.69) is 29.7 Å². The third kappa shape index (κ3) is 4.03. The first-order chi connectivity index (χ1) is 12.8. The number of aryl methyl sites for hydroxylation is 1. The highest BCUT2D eigenvalue weighted by Gasteiger charge is 2.53. The summed E-state index contributed by atoms with van der Waals surface area (Å²) in [6, 6.07) is 1.08. The molecule has 0 aliphatic carbocycles. The van der Waals surface area contributed by atoms with Crippen LogP contribution in [0, 0.1) is 12.7 Å². The molecule has 0 spiro atoms. The predicted octanol–water partition coefficient (Wildman–Crippen LogP) is 3.49. The van der Waals surface area contributed by atoms with E-state index in [1.54, 1.807) is 17.8 Å². The number of hydrogen-bond acceptors (Lipinski definition) is 5. The first kappa shape index (κ1) is 21.4. The maximum absolute atomic E-state index is 15.0. The van der Waals surface area contributed by atoms with Gasteiger partial charge in [-0.1, -0.05) is 19.6 Å². The third-order valence-corrected chi connectivity index (χ3v) is 7.33. The molecule has 0 aromatic carbocycles. The number of fused-ring (bicyclic) bond motifs is 1. The van der Waals surface area contributed by atoms with Crippen molar-refractivity contribution in [1.82, 2.24) is 14.8 Å². The van der Waals surface area contributed by atoms with Gasteiger partial charge in [-0.15, -0.1) is 0 Å². The Kier molecular flexibility index (Phi) is 5.51. The van der Waals surface area contributed by atoms with Gasteiger partial charge in [-0.25, -0.2) is 14.1 Å². The van der Waals surface area contributed by atoms with Crippen molar-refractivity contribution in [3.05, 3.63) is 17.7 Å². The number of pyridine rings is 1. The zero-order valence-electron chi connectivity index (χ0n) is 18.2. The van der Waals surface area contributed by atoms with Crippen molar-refractivity contribution in [1.29, 1.82) is 0 Å². The monoisotopic (exact) mass is 407 g/mol. The third-order valence-electron chi connectivity index (χ3n) is 5.63. The van der Waals surface area contributed by atoms with Crippen LogP contribution in [0.2, 0.25) is 25.7 Å². The predicted molar refractivity (Wildman–Crippen MR) is 112 cm³/mol. The summed E-state index contributed by atoms with van der Waals surface area (Å²) in [5, 5.41) is 4.97. The lowest BCUT2D eigenvalue weighted by Gasteiger charge is -2.32. The van der Waals surface area contributed by atoms with E-state index >= 15 is 4.39 Å². The Bertz CT molecular complexity index is 863. The molecular weight excluding hydrogens is 376 g/mol. The molecule has 0 atom stereocenters.